The number of oxime groups is 1. The van der Waals surface area contributed by atoms with Crippen LogP contribution in [0.5, 0.6) is 0 Å². The molecular weight excluding hydrogens is 764 g/mol. The molecule has 15 heteroatoms. The highest BCUT2D eigenvalue weighted by Gasteiger charge is 2.55. The van der Waals surface area contributed by atoms with Crippen LogP contribution in [-0.4, -0.2) is 155 Å². The minimum Gasteiger partial charge on any atom is -0.459 e. The monoisotopic (exact) mass is 839 g/mol. The zero-order valence-electron chi connectivity index (χ0n) is 37.5. The minimum atomic E-state index is -1.76. The summed E-state index contributed by atoms with van der Waals surface area (Å²) in [7, 11) is 3.43. The van der Waals surface area contributed by atoms with Gasteiger partial charge in [0.2, 0.25) is 0 Å². The largest absolute Gasteiger partial charge is 0.459 e. The molecular formula is C44H74N2O13. The van der Waals surface area contributed by atoms with Gasteiger partial charge in [0.05, 0.1) is 66.6 Å². The molecule has 4 fully saturated rings. The van der Waals surface area contributed by atoms with E-state index in [1.807, 2.05) is 46.6 Å². The molecule has 0 aromatic rings. The fraction of sp³-hybridized carbons (Fsp3) is 0.864. The number of likely N-dealkylation sites (N-methyl/N-ethyl adjacent to an activating group) is 1. The third-order valence-corrected chi connectivity index (χ3v) is 13.5. The zero-order valence-corrected chi connectivity index (χ0v) is 37.5. The number of aliphatic hydroxyl groups excluding tert-OH is 2. The molecule has 4 saturated heterocycles. The van der Waals surface area contributed by atoms with E-state index in [-0.39, 0.29) is 44.6 Å². The zero-order chi connectivity index (χ0) is 44.2. The smallest absolute Gasteiger partial charge is 0.311 e. The quantitative estimate of drug-likeness (QED) is 0.0857. The number of carbonyl (C=O) groups is 1. The molecule has 338 valence electrons. The second-order valence-electron chi connectivity index (χ2n) is 18.3. The van der Waals surface area contributed by atoms with Crippen molar-refractivity contribution in [1.29, 1.82) is 0 Å². The normalized spacial score (nSPS) is 46.5. The summed E-state index contributed by atoms with van der Waals surface area (Å²) in [4.78, 5) is 16.6. The summed E-state index contributed by atoms with van der Waals surface area (Å²) in [6, 6.07) is -0.357. The van der Waals surface area contributed by atoms with E-state index in [4.69, 9.17) is 44.3 Å². The van der Waals surface area contributed by atoms with Crippen LogP contribution in [0.4, 0.5) is 0 Å². The van der Waals surface area contributed by atoms with Gasteiger partial charge in [0, 0.05) is 50.3 Å². The Kier molecular flexibility index (Phi) is 17.0. The van der Waals surface area contributed by atoms with E-state index in [1.54, 1.807) is 34.6 Å². The van der Waals surface area contributed by atoms with Crippen LogP contribution in [0.25, 0.3) is 0 Å². The highest BCUT2D eigenvalue weighted by molar-refractivity contribution is 5.88. The third kappa shape index (κ3) is 10.9. The van der Waals surface area contributed by atoms with Crippen LogP contribution in [0.3, 0.4) is 0 Å². The molecule has 0 spiro atoms. The standard InChI is InChI=1S/C44H74N2O13/c1-15-17-18-46(13)31-19-26(5)55-41(35(31)47)59-38-28(7)36(58-33-21-42(10,52-14)37(48)30(9)56-33)29(8)40(49)57-32(16-2)44(12,50)39-27(6)34(45-51)25(4)20-43(38,11)54-23-24(3)22-53-39/h1,25-33,35-39,41,47-48,50-51H,3,16-23H2,2,4-14H3/b45-34+/t25-,26-,27+,28+,29-,30?,31+,32-,33?,35-,36+,37+,38?,39?,41+,42-,43-,44-/m1/s1. The number of aliphatic hydroxyl groups is 3. The van der Waals surface area contributed by atoms with Gasteiger partial charge in [-0.05, 0) is 73.4 Å². The van der Waals surface area contributed by atoms with Crippen molar-refractivity contribution >= 4 is 11.7 Å². The van der Waals surface area contributed by atoms with E-state index in [0.29, 0.717) is 30.7 Å². The molecule has 0 radical (unpaired) electrons. The van der Waals surface area contributed by atoms with E-state index in [2.05, 4.69) is 17.7 Å². The Morgan fingerprint density at radius 3 is 2.32 bits per heavy atom. The number of hydrogen-bond donors (Lipinski definition) is 4. The van der Waals surface area contributed by atoms with E-state index in [0.717, 1.165) is 0 Å². The average Bonchev–Trinajstić information content (AvgIpc) is 3.19. The molecule has 4 rings (SSSR count). The molecule has 18 atom stereocenters. The van der Waals surface area contributed by atoms with Gasteiger partial charge in [-0.1, -0.05) is 39.4 Å². The summed E-state index contributed by atoms with van der Waals surface area (Å²) in [5.74, 6) is -0.863. The number of esters is 1. The number of cyclic esters (lactones) is 1. The van der Waals surface area contributed by atoms with Crippen LogP contribution in [-0.2, 0) is 42.7 Å². The topological polar surface area (TPSA) is 187 Å². The van der Waals surface area contributed by atoms with E-state index < -0.39 is 102 Å². The molecule has 59 heavy (non-hydrogen) atoms. The summed E-state index contributed by atoms with van der Waals surface area (Å²) >= 11 is 0. The Morgan fingerprint density at radius 1 is 1.03 bits per heavy atom. The van der Waals surface area contributed by atoms with Crippen LogP contribution in [0.15, 0.2) is 17.3 Å². The number of hydrogen-bond acceptors (Lipinski definition) is 15. The third-order valence-electron chi connectivity index (χ3n) is 13.5. The van der Waals surface area contributed by atoms with Gasteiger partial charge >= 0.3 is 5.97 Å². The average molecular weight is 839 g/mol. The van der Waals surface area contributed by atoms with Crippen molar-refractivity contribution in [2.45, 2.75) is 186 Å². The summed E-state index contributed by atoms with van der Waals surface area (Å²) in [5.41, 5.74) is -3.17. The van der Waals surface area contributed by atoms with Gasteiger partial charge < -0.3 is 58.4 Å². The van der Waals surface area contributed by atoms with E-state index in [1.165, 1.54) is 7.11 Å². The summed E-state index contributed by atoms with van der Waals surface area (Å²) in [5, 5.41) is 49.9. The number of terminal acetylenes is 1. The number of carbonyl (C=O) groups excluding carboxylic acids is 1. The lowest BCUT2D eigenvalue weighted by Crippen LogP contribution is -2.62. The molecule has 4 heterocycles. The molecule has 0 aromatic carbocycles. The van der Waals surface area contributed by atoms with Crippen molar-refractivity contribution in [3.05, 3.63) is 12.2 Å². The molecule has 0 aliphatic carbocycles. The van der Waals surface area contributed by atoms with Crippen molar-refractivity contribution in [2.24, 2.45) is 28.8 Å². The fourth-order valence-corrected chi connectivity index (χ4v) is 9.87. The molecule has 4 aliphatic rings. The van der Waals surface area contributed by atoms with Gasteiger partial charge in [0.15, 0.2) is 12.6 Å². The highest BCUT2D eigenvalue weighted by Crippen LogP contribution is 2.43. The number of nitrogens with zero attached hydrogens (tertiary/aromatic N) is 2. The number of ether oxygens (including phenoxy) is 8. The highest BCUT2D eigenvalue weighted by atomic mass is 16.7. The van der Waals surface area contributed by atoms with Gasteiger partial charge in [-0.25, -0.2) is 0 Å². The maximum absolute atomic E-state index is 14.6. The number of fused-ring (bicyclic) bond motifs is 5. The van der Waals surface area contributed by atoms with Crippen molar-refractivity contribution in [3.63, 3.8) is 0 Å². The SMILES string of the molecule is C#CCCN(C)[C@H]1C[C@@H](C)O[C@@H](OC2[C@@H](C)[C@H](OC3C[C@@](C)(OC)[C@@H](O)C(C)O3)[C@@H](C)C(=O)O[C@H](CC)[C@@](C)(O)C3OCC(=C)CO[C@]2(C)C[C@@H](C)/C(=N\O)[C@@H]3C)[C@@H]1O. The Balaban J connectivity index is 1.95. The molecule has 4 aliphatic heterocycles. The van der Waals surface area contributed by atoms with Crippen molar-refractivity contribution in [3.8, 4) is 12.3 Å². The second kappa shape index (κ2) is 20.3. The molecule has 4 N–H and O–H groups in total. The van der Waals surface area contributed by atoms with Crippen molar-refractivity contribution < 1.29 is 63.2 Å². The number of rotatable bonds is 9. The predicted octanol–water partition coefficient (Wildman–Crippen LogP) is 4.06. The summed E-state index contributed by atoms with van der Waals surface area (Å²) < 4.78 is 52.0. The predicted molar refractivity (Wildman–Crippen MR) is 219 cm³/mol. The lowest BCUT2D eigenvalue weighted by molar-refractivity contribution is -0.320. The molecule has 0 amide bonds. The Morgan fingerprint density at radius 2 is 1.71 bits per heavy atom. The minimum absolute atomic E-state index is 0.0170. The van der Waals surface area contributed by atoms with E-state index in [9.17, 15) is 25.3 Å². The first-order valence-electron chi connectivity index (χ1n) is 21.3. The Labute approximate surface area is 352 Å². The molecule has 0 aromatic heterocycles. The molecule has 4 unspecified atom stereocenters. The van der Waals surface area contributed by atoms with Gasteiger partial charge in [-0.3, -0.25) is 9.69 Å². The van der Waals surface area contributed by atoms with Gasteiger partial charge in [0.1, 0.15) is 23.9 Å². The molecule has 2 bridgehead atoms. The first-order valence-corrected chi connectivity index (χ1v) is 21.3. The Hall–Kier alpha value is -2.20. The van der Waals surface area contributed by atoms with Crippen LogP contribution in [0.2, 0.25) is 0 Å². The van der Waals surface area contributed by atoms with Gasteiger partial charge in [-0.15, -0.1) is 12.3 Å². The van der Waals surface area contributed by atoms with Crippen LogP contribution < -0.4 is 0 Å². The van der Waals surface area contributed by atoms with Gasteiger partial charge in [0.25, 0.3) is 0 Å². The number of methoxy groups -OCH3 is 1. The summed E-state index contributed by atoms with van der Waals surface area (Å²) in [6.45, 7) is 22.8. The molecule has 0 saturated carbocycles. The van der Waals surface area contributed by atoms with Crippen LogP contribution in [0, 0.1) is 36.0 Å². The second-order valence-corrected chi connectivity index (χ2v) is 18.3. The first kappa shape index (κ1) is 49.5. The summed E-state index contributed by atoms with van der Waals surface area (Å²) in [6.07, 6.45) is -2.04. The van der Waals surface area contributed by atoms with Crippen LogP contribution in [0.1, 0.15) is 101 Å². The van der Waals surface area contributed by atoms with Crippen molar-refractivity contribution in [1.82, 2.24) is 4.90 Å². The van der Waals surface area contributed by atoms with Crippen LogP contribution >= 0.6 is 0 Å². The van der Waals surface area contributed by atoms with Crippen molar-refractivity contribution in [2.75, 3.05) is 33.9 Å². The fourth-order valence-electron chi connectivity index (χ4n) is 9.87. The maximum Gasteiger partial charge on any atom is 0.311 e. The van der Waals surface area contributed by atoms with Gasteiger partial charge in [-0.2, -0.15) is 0 Å². The maximum atomic E-state index is 14.6. The lowest BCUT2D eigenvalue weighted by Gasteiger charge is -2.50. The van der Waals surface area contributed by atoms with E-state index >= 15 is 0 Å². The Bertz CT molecular complexity index is 1490. The molecule has 15 nitrogen and oxygen atoms in total. The lowest BCUT2D eigenvalue weighted by atomic mass is 9.73. The first-order chi connectivity index (χ1) is 27.6.